The second-order valence-corrected chi connectivity index (χ2v) is 23.0. The smallest absolute Gasteiger partial charge is 0.0728 e. The van der Waals surface area contributed by atoms with Gasteiger partial charge in [-0.2, -0.15) is 0 Å². The molecule has 4 aromatic heterocycles. The second kappa shape index (κ2) is 12.9. The minimum atomic E-state index is -0.0374. The van der Waals surface area contributed by atoms with E-state index in [2.05, 4.69) is 85.2 Å². The summed E-state index contributed by atoms with van der Waals surface area (Å²) in [6.45, 7) is 4.89. The van der Waals surface area contributed by atoms with E-state index < -0.39 is 0 Å². The van der Waals surface area contributed by atoms with E-state index in [1.807, 2.05) is 0 Å². The molecule has 0 saturated heterocycles. The summed E-state index contributed by atoms with van der Waals surface area (Å²) in [7, 11) is 0. The predicted molar refractivity (Wildman–Crippen MR) is 257 cm³/mol. The monoisotopic (exact) mass is 816 g/mol. The van der Waals surface area contributed by atoms with Gasteiger partial charge in [-0.05, 0) is 145 Å². The number of aromatic nitrogens is 3. The lowest BCUT2D eigenvalue weighted by Crippen LogP contribution is -2.43. The Morgan fingerprint density at radius 1 is 0.452 bits per heavy atom. The molecule has 3 heteroatoms. The topological polar surface area (TPSA) is 30.2 Å². The fourth-order valence-corrected chi connectivity index (χ4v) is 16.8. The van der Waals surface area contributed by atoms with Crippen molar-refractivity contribution in [3.63, 3.8) is 0 Å². The van der Waals surface area contributed by atoms with Gasteiger partial charge in [-0.15, -0.1) is 0 Å². The maximum Gasteiger partial charge on any atom is 0.0728 e. The van der Waals surface area contributed by atoms with Gasteiger partial charge in [0.1, 0.15) is 0 Å². The van der Waals surface area contributed by atoms with Gasteiger partial charge in [-0.3, -0.25) is 9.97 Å². The lowest BCUT2D eigenvalue weighted by atomic mass is 9.54. The van der Waals surface area contributed by atoms with Crippen LogP contribution in [0.4, 0.5) is 0 Å². The van der Waals surface area contributed by atoms with Crippen molar-refractivity contribution in [1.29, 1.82) is 0 Å². The van der Waals surface area contributed by atoms with Crippen molar-refractivity contribution in [2.24, 2.45) is 0 Å². The molecule has 14 rings (SSSR count). The molecule has 3 nitrogen and oxygen atoms in total. The first-order chi connectivity index (χ1) is 30.4. The Labute approximate surface area is 368 Å². The number of benzene rings is 3. The molecule has 7 aromatic rings. The Morgan fingerprint density at radius 2 is 0.887 bits per heavy atom. The van der Waals surface area contributed by atoms with Crippen molar-refractivity contribution < 1.29 is 0 Å². The molecule has 3 aromatic carbocycles. The van der Waals surface area contributed by atoms with Crippen LogP contribution in [-0.2, 0) is 27.1 Å². The summed E-state index contributed by atoms with van der Waals surface area (Å²) in [5.74, 6) is 0. The van der Waals surface area contributed by atoms with Crippen LogP contribution in [0, 0.1) is 0 Å². The van der Waals surface area contributed by atoms with Crippen molar-refractivity contribution in [3.8, 4) is 22.3 Å². The highest BCUT2D eigenvalue weighted by atomic mass is 15.0. The lowest BCUT2D eigenvalue weighted by Gasteiger charge is -2.51. The average molecular weight is 816 g/mol. The third-order valence-corrected chi connectivity index (χ3v) is 19.9. The molecule has 4 fully saturated rings. The number of fused-ring (bicyclic) bond motifs is 17. The Kier molecular flexibility index (Phi) is 7.76. The third-order valence-electron chi connectivity index (χ3n) is 19.9. The number of hydrogen-bond acceptors (Lipinski definition) is 2. The maximum absolute atomic E-state index is 5.84. The van der Waals surface area contributed by atoms with E-state index in [-0.39, 0.29) is 27.1 Å². The van der Waals surface area contributed by atoms with Gasteiger partial charge in [-0.25, -0.2) is 0 Å². The van der Waals surface area contributed by atoms with Crippen molar-refractivity contribution in [3.05, 3.63) is 101 Å². The van der Waals surface area contributed by atoms with Crippen LogP contribution in [0.1, 0.15) is 202 Å². The fraction of sp³-hybridized carbons (Fsp3) is 0.525. The van der Waals surface area contributed by atoms with Gasteiger partial charge >= 0.3 is 0 Å². The highest BCUT2D eigenvalue weighted by Gasteiger charge is 2.52. The van der Waals surface area contributed by atoms with Crippen LogP contribution in [0.25, 0.3) is 60.3 Å². The van der Waals surface area contributed by atoms with Crippen LogP contribution in [0.2, 0.25) is 0 Å². The third kappa shape index (κ3) is 4.69. The summed E-state index contributed by atoms with van der Waals surface area (Å²) in [5.41, 5.74) is 20.1. The van der Waals surface area contributed by atoms with Crippen LogP contribution >= 0.6 is 0 Å². The molecule has 0 amide bonds. The zero-order valence-electron chi connectivity index (χ0n) is 37.7. The normalized spacial score (nSPS) is 24.0. The van der Waals surface area contributed by atoms with Crippen LogP contribution in [0.3, 0.4) is 0 Å². The van der Waals surface area contributed by atoms with Crippen LogP contribution in [-0.4, -0.2) is 14.4 Å². The molecular formula is C59H65N3. The van der Waals surface area contributed by atoms with Crippen molar-refractivity contribution in [2.75, 3.05) is 0 Å². The molecular weight excluding hydrogens is 751 g/mol. The molecule has 0 atom stereocenters. The van der Waals surface area contributed by atoms with E-state index in [0.29, 0.717) is 0 Å². The Balaban J connectivity index is 1.16. The molecule has 0 unspecified atom stereocenters. The van der Waals surface area contributed by atoms with E-state index in [4.69, 9.17) is 9.97 Å². The summed E-state index contributed by atoms with van der Waals surface area (Å²) in [4.78, 5) is 11.7. The van der Waals surface area contributed by atoms with E-state index in [0.717, 1.165) is 0 Å². The van der Waals surface area contributed by atoms with Gasteiger partial charge in [0.15, 0.2) is 0 Å². The SMILES string of the molecule is CC1(C)c2ccccc2-c2c(-c3cc4c5c6c(ncc5n5c7cnc8c(c7c(c3)c45)C3(CCCCC3)CCC83CCCCC3)C3(CCCCC3)CCC63CCCCC3)cccc21. The molecule has 4 spiro atoms. The highest BCUT2D eigenvalue weighted by Crippen LogP contribution is 2.62. The van der Waals surface area contributed by atoms with Gasteiger partial charge in [-0.1, -0.05) is 133 Å². The van der Waals surface area contributed by atoms with Crippen molar-refractivity contribution >= 4 is 38.1 Å². The fourth-order valence-electron chi connectivity index (χ4n) is 16.8. The second-order valence-electron chi connectivity index (χ2n) is 23.0. The minimum Gasteiger partial charge on any atom is -0.305 e. The van der Waals surface area contributed by atoms with Crippen molar-refractivity contribution in [2.45, 2.75) is 195 Å². The predicted octanol–water partition coefficient (Wildman–Crippen LogP) is 16.0. The van der Waals surface area contributed by atoms with Gasteiger partial charge in [0.25, 0.3) is 0 Å². The molecule has 0 bridgehead atoms. The highest BCUT2D eigenvalue weighted by molar-refractivity contribution is 6.26. The van der Waals surface area contributed by atoms with Crippen molar-refractivity contribution in [1.82, 2.24) is 14.4 Å². The first-order valence-corrected chi connectivity index (χ1v) is 25.7. The molecule has 0 N–H and O–H groups in total. The van der Waals surface area contributed by atoms with Gasteiger partial charge < -0.3 is 4.40 Å². The average Bonchev–Trinajstić information content (AvgIpc) is 3.92. The number of pyridine rings is 2. The Bertz CT molecular complexity index is 2830. The lowest BCUT2D eigenvalue weighted by molar-refractivity contribution is 0.172. The molecule has 62 heavy (non-hydrogen) atoms. The molecule has 316 valence electrons. The van der Waals surface area contributed by atoms with Crippen LogP contribution in [0.5, 0.6) is 0 Å². The first kappa shape index (κ1) is 37.2. The summed E-state index contributed by atoms with van der Waals surface area (Å²) in [6.07, 6.45) is 37.1. The molecule has 7 aliphatic carbocycles. The molecule has 0 aliphatic heterocycles. The zero-order valence-corrected chi connectivity index (χ0v) is 37.7. The first-order valence-electron chi connectivity index (χ1n) is 25.7. The van der Waals surface area contributed by atoms with Crippen LogP contribution < -0.4 is 0 Å². The quantitative estimate of drug-likeness (QED) is 0.165. The van der Waals surface area contributed by atoms with E-state index in [1.54, 1.807) is 21.9 Å². The molecule has 0 radical (unpaired) electrons. The van der Waals surface area contributed by atoms with E-state index in [1.165, 1.54) is 226 Å². The zero-order chi connectivity index (χ0) is 41.1. The summed E-state index contributed by atoms with van der Waals surface area (Å²) >= 11 is 0. The largest absolute Gasteiger partial charge is 0.305 e. The minimum absolute atomic E-state index is 0.0374. The summed E-state index contributed by atoms with van der Waals surface area (Å²) < 4.78 is 2.74. The molecule has 4 saturated carbocycles. The van der Waals surface area contributed by atoms with E-state index in [9.17, 15) is 0 Å². The van der Waals surface area contributed by atoms with Gasteiger partial charge in [0.2, 0.25) is 0 Å². The molecule has 4 heterocycles. The Hall–Kier alpha value is -4.24. The van der Waals surface area contributed by atoms with E-state index >= 15 is 0 Å². The maximum atomic E-state index is 5.84. The van der Waals surface area contributed by atoms with Gasteiger partial charge in [0.05, 0.1) is 40.3 Å². The Morgan fingerprint density at radius 3 is 1.40 bits per heavy atom. The summed E-state index contributed by atoms with van der Waals surface area (Å²) in [6, 6.07) is 22.0. The number of hydrogen-bond donors (Lipinski definition) is 0. The van der Waals surface area contributed by atoms with Gasteiger partial charge in [0, 0.05) is 37.8 Å². The number of rotatable bonds is 1. The summed E-state index contributed by atoms with van der Waals surface area (Å²) in [5, 5.41) is 6.12. The standard InChI is InChI=1S/C59H65N3/c1-55(2)43-20-8-7-18-40(43)47-39(19-17-21-44(47)55)38-34-41-48-45(36-60-53-50(48)56(22-9-3-10-23-56)30-32-58(53)26-13-5-14-27-58)62-46-37-61-54-51(49(46)42(35-38)52(41)62)57(24-11-4-12-25-57)31-33-59(54)28-15-6-16-29-59/h7-8,17-21,34-37H,3-6,9-16,22-33H2,1-2H3. The molecule has 7 aliphatic rings. The number of nitrogens with zero attached hydrogens (tertiary/aromatic N) is 3. The van der Waals surface area contributed by atoms with Crippen LogP contribution in [0.15, 0.2) is 67.0 Å².